The molecule has 0 unspecified atom stereocenters. The Balaban J connectivity index is 2.79. The second-order valence-electron chi connectivity index (χ2n) is 4.16. The summed E-state index contributed by atoms with van der Waals surface area (Å²) in [6, 6.07) is 6.12. The van der Waals surface area contributed by atoms with Gasteiger partial charge in [-0.05, 0) is 37.1 Å². The zero-order chi connectivity index (χ0) is 10.3. The van der Waals surface area contributed by atoms with Gasteiger partial charge in [-0.25, -0.2) is 0 Å². The normalized spacial score (nSPS) is 12.3. The fourth-order valence-electron chi connectivity index (χ4n) is 1.67. The number of thiophene rings is 1. The summed E-state index contributed by atoms with van der Waals surface area (Å²) in [5.41, 5.74) is 1.56. The zero-order valence-corrected chi connectivity index (χ0v) is 9.48. The van der Waals surface area contributed by atoms with E-state index in [1.165, 1.54) is 15.6 Å². The maximum Gasteiger partial charge on any atom is 0.0854 e. The van der Waals surface area contributed by atoms with Gasteiger partial charge in [0.1, 0.15) is 0 Å². The van der Waals surface area contributed by atoms with Crippen molar-refractivity contribution in [2.75, 3.05) is 0 Å². The van der Waals surface area contributed by atoms with Gasteiger partial charge in [0.2, 0.25) is 0 Å². The number of hydrogen-bond donors (Lipinski definition) is 1. The van der Waals surface area contributed by atoms with Crippen molar-refractivity contribution >= 4 is 21.4 Å². The summed E-state index contributed by atoms with van der Waals surface area (Å²) < 4.78 is 1.21. The van der Waals surface area contributed by atoms with E-state index in [4.69, 9.17) is 0 Å². The summed E-state index contributed by atoms with van der Waals surface area (Å²) in [6.07, 6.45) is 0. The summed E-state index contributed by atoms with van der Waals surface area (Å²) in [4.78, 5) is 0. The minimum absolute atomic E-state index is 0.753. The molecule has 0 bridgehead atoms. The van der Waals surface area contributed by atoms with Crippen LogP contribution in [0.15, 0.2) is 23.6 Å². The smallest absolute Gasteiger partial charge is 0.0854 e. The van der Waals surface area contributed by atoms with Crippen LogP contribution >= 0.6 is 11.3 Å². The lowest BCUT2D eigenvalue weighted by molar-refractivity contribution is 0.0804. The van der Waals surface area contributed by atoms with Crippen LogP contribution < -0.4 is 0 Å². The summed E-state index contributed by atoms with van der Waals surface area (Å²) in [7, 11) is 0. The molecular formula is C12H14OS. The van der Waals surface area contributed by atoms with Gasteiger partial charge >= 0.3 is 0 Å². The van der Waals surface area contributed by atoms with E-state index in [2.05, 4.69) is 18.4 Å². The molecule has 0 fully saturated rings. The summed E-state index contributed by atoms with van der Waals surface area (Å²) in [5, 5.41) is 13.4. The molecule has 0 saturated carbocycles. The standard InChI is InChI=1S/C12H14OS/c1-8-7-14-11-9(8)5-4-6-10(11)12(2,3)13/h4-7,13H,1-3H3. The molecule has 0 radical (unpaired) electrons. The number of fused-ring (bicyclic) bond motifs is 1. The first kappa shape index (κ1) is 9.69. The van der Waals surface area contributed by atoms with E-state index in [1.54, 1.807) is 11.3 Å². The van der Waals surface area contributed by atoms with E-state index in [-0.39, 0.29) is 0 Å². The summed E-state index contributed by atoms with van der Waals surface area (Å²) in [5.74, 6) is 0. The van der Waals surface area contributed by atoms with Gasteiger partial charge in [0, 0.05) is 10.3 Å². The molecule has 1 aromatic carbocycles. The lowest BCUT2D eigenvalue weighted by atomic mass is 9.97. The number of aliphatic hydroxyl groups is 1. The predicted molar refractivity (Wildman–Crippen MR) is 61.8 cm³/mol. The predicted octanol–water partition coefficient (Wildman–Crippen LogP) is 3.44. The van der Waals surface area contributed by atoms with Crippen LogP contribution in [-0.4, -0.2) is 5.11 Å². The molecular weight excluding hydrogens is 192 g/mol. The molecule has 1 aromatic heterocycles. The van der Waals surface area contributed by atoms with Gasteiger partial charge in [-0.2, -0.15) is 0 Å². The maximum absolute atomic E-state index is 10.0. The van der Waals surface area contributed by atoms with Crippen LogP contribution in [-0.2, 0) is 5.60 Å². The molecule has 2 rings (SSSR count). The van der Waals surface area contributed by atoms with E-state index >= 15 is 0 Å². The first-order valence-corrected chi connectivity index (χ1v) is 5.58. The second-order valence-corrected chi connectivity index (χ2v) is 5.04. The average molecular weight is 206 g/mol. The van der Waals surface area contributed by atoms with Gasteiger partial charge in [-0.3, -0.25) is 0 Å². The van der Waals surface area contributed by atoms with Gasteiger partial charge in [0.05, 0.1) is 5.60 Å². The third-order valence-electron chi connectivity index (χ3n) is 2.45. The van der Waals surface area contributed by atoms with Gasteiger partial charge in [-0.15, -0.1) is 11.3 Å². The van der Waals surface area contributed by atoms with E-state index in [1.807, 2.05) is 26.0 Å². The fourth-order valence-corrected chi connectivity index (χ4v) is 2.89. The van der Waals surface area contributed by atoms with Gasteiger partial charge in [0.15, 0.2) is 0 Å². The largest absolute Gasteiger partial charge is 0.386 e. The SMILES string of the molecule is Cc1csc2c(C(C)(C)O)cccc12. The highest BCUT2D eigenvalue weighted by Gasteiger charge is 2.19. The van der Waals surface area contributed by atoms with Gasteiger partial charge in [-0.1, -0.05) is 18.2 Å². The first-order valence-electron chi connectivity index (χ1n) is 4.70. The molecule has 0 aliphatic carbocycles. The molecule has 0 atom stereocenters. The molecule has 1 nitrogen and oxygen atoms in total. The van der Waals surface area contributed by atoms with Crippen LogP contribution in [0, 0.1) is 6.92 Å². The highest BCUT2D eigenvalue weighted by Crippen LogP contribution is 2.33. The van der Waals surface area contributed by atoms with E-state index in [0.717, 1.165) is 5.56 Å². The third kappa shape index (κ3) is 1.45. The molecule has 1 heterocycles. The Morgan fingerprint density at radius 3 is 2.64 bits per heavy atom. The van der Waals surface area contributed by atoms with Crippen LogP contribution in [0.25, 0.3) is 10.1 Å². The van der Waals surface area contributed by atoms with Crippen LogP contribution in [0.4, 0.5) is 0 Å². The fraction of sp³-hybridized carbons (Fsp3) is 0.333. The molecule has 0 aliphatic rings. The van der Waals surface area contributed by atoms with Crippen molar-refractivity contribution in [2.45, 2.75) is 26.4 Å². The van der Waals surface area contributed by atoms with Crippen molar-refractivity contribution in [3.63, 3.8) is 0 Å². The average Bonchev–Trinajstić information content (AvgIpc) is 2.46. The zero-order valence-electron chi connectivity index (χ0n) is 8.66. The Kier molecular flexibility index (Phi) is 2.13. The molecule has 0 amide bonds. The molecule has 2 aromatic rings. The molecule has 0 spiro atoms. The van der Waals surface area contributed by atoms with E-state index < -0.39 is 5.60 Å². The third-order valence-corrected chi connectivity index (χ3v) is 3.60. The number of hydrogen-bond acceptors (Lipinski definition) is 2. The Labute approximate surface area is 88.0 Å². The molecule has 14 heavy (non-hydrogen) atoms. The lowest BCUT2D eigenvalue weighted by Gasteiger charge is -2.18. The van der Waals surface area contributed by atoms with Crippen molar-refractivity contribution < 1.29 is 5.11 Å². The van der Waals surface area contributed by atoms with Crippen LogP contribution in [0.3, 0.4) is 0 Å². The van der Waals surface area contributed by atoms with Crippen molar-refractivity contribution in [2.24, 2.45) is 0 Å². The summed E-state index contributed by atoms with van der Waals surface area (Å²) in [6.45, 7) is 5.76. The number of benzene rings is 1. The quantitative estimate of drug-likeness (QED) is 0.757. The molecule has 74 valence electrons. The van der Waals surface area contributed by atoms with Crippen molar-refractivity contribution in [1.82, 2.24) is 0 Å². The highest BCUT2D eigenvalue weighted by atomic mass is 32.1. The molecule has 0 saturated heterocycles. The van der Waals surface area contributed by atoms with Crippen LogP contribution in [0.5, 0.6) is 0 Å². The maximum atomic E-state index is 10.0. The van der Waals surface area contributed by atoms with Crippen molar-refractivity contribution in [3.05, 3.63) is 34.7 Å². The van der Waals surface area contributed by atoms with E-state index in [9.17, 15) is 5.11 Å². The Morgan fingerprint density at radius 2 is 2.00 bits per heavy atom. The van der Waals surface area contributed by atoms with Crippen LogP contribution in [0.2, 0.25) is 0 Å². The number of rotatable bonds is 1. The van der Waals surface area contributed by atoms with Crippen LogP contribution in [0.1, 0.15) is 25.0 Å². The molecule has 1 N–H and O–H groups in total. The topological polar surface area (TPSA) is 20.2 Å². The van der Waals surface area contributed by atoms with E-state index in [0.29, 0.717) is 0 Å². The highest BCUT2D eigenvalue weighted by molar-refractivity contribution is 7.17. The Morgan fingerprint density at radius 1 is 1.29 bits per heavy atom. The molecule has 2 heteroatoms. The second kappa shape index (κ2) is 3.07. The minimum Gasteiger partial charge on any atom is -0.386 e. The van der Waals surface area contributed by atoms with Crippen molar-refractivity contribution in [1.29, 1.82) is 0 Å². The van der Waals surface area contributed by atoms with Gasteiger partial charge in [0.25, 0.3) is 0 Å². The number of aryl methyl sites for hydroxylation is 1. The molecule has 0 aliphatic heterocycles. The minimum atomic E-state index is -0.753. The first-order chi connectivity index (χ1) is 6.50. The Bertz CT molecular complexity index is 463. The van der Waals surface area contributed by atoms with Crippen molar-refractivity contribution in [3.8, 4) is 0 Å². The monoisotopic (exact) mass is 206 g/mol. The Hall–Kier alpha value is -0.860. The lowest BCUT2D eigenvalue weighted by Crippen LogP contribution is -2.15. The van der Waals surface area contributed by atoms with Gasteiger partial charge < -0.3 is 5.11 Å². The summed E-state index contributed by atoms with van der Waals surface area (Å²) >= 11 is 1.71.